The molecule has 0 aliphatic heterocycles. The van der Waals surface area contributed by atoms with E-state index in [0.717, 1.165) is 13.1 Å². The first-order valence-electron chi connectivity index (χ1n) is 7.07. The number of aryl methyl sites for hydroxylation is 1. The zero-order valence-corrected chi connectivity index (χ0v) is 13.1. The van der Waals surface area contributed by atoms with E-state index in [2.05, 4.69) is 55.4 Å². The maximum absolute atomic E-state index is 3.65. The Labute approximate surface area is 117 Å². The summed E-state index contributed by atoms with van der Waals surface area (Å²) in [5, 5.41) is 3.65. The Morgan fingerprint density at radius 3 is 2.78 bits per heavy atom. The molecule has 0 fully saturated rings. The van der Waals surface area contributed by atoms with Crippen LogP contribution in [0.15, 0.2) is 18.5 Å². The predicted octanol–water partition coefficient (Wildman–Crippen LogP) is 3.94. The molecule has 0 bridgehead atoms. The largest absolute Gasteiger partial charge is 0.354 e. The highest BCUT2D eigenvalue weighted by atomic mass is 32.2. The van der Waals surface area contributed by atoms with E-state index >= 15 is 0 Å². The van der Waals surface area contributed by atoms with E-state index in [9.17, 15) is 0 Å². The van der Waals surface area contributed by atoms with Gasteiger partial charge in [-0.3, -0.25) is 0 Å². The molecule has 0 saturated carbocycles. The molecule has 0 spiro atoms. The lowest BCUT2D eigenvalue weighted by atomic mass is 9.98. The molecule has 18 heavy (non-hydrogen) atoms. The fourth-order valence-electron chi connectivity index (χ4n) is 2.21. The standard InChI is InChI=1S/C15H28N2S/c1-5-8-16-15(13(2)3)14-7-10-17(12-14)9-6-11-18-4/h7,10,12-13,15-16H,5-6,8-9,11H2,1-4H3. The van der Waals surface area contributed by atoms with Gasteiger partial charge in [0.05, 0.1) is 0 Å². The summed E-state index contributed by atoms with van der Waals surface area (Å²) >= 11 is 1.92. The molecule has 1 rings (SSSR count). The smallest absolute Gasteiger partial charge is 0.0358 e. The third-order valence-corrected chi connectivity index (χ3v) is 3.88. The minimum atomic E-state index is 0.492. The van der Waals surface area contributed by atoms with Gasteiger partial charge in [-0.25, -0.2) is 0 Å². The van der Waals surface area contributed by atoms with Crippen molar-refractivity contribution in [1.82, 2.24) is 9.88 Å². The van der Waals surface area contributed by atoms with Gasteiger partial charge in [-0.05, 0) is 48.9 Å². The molecule has 0 aromatic carbocycles. The Bertz CT molecular complexity index is 320. The van der Waals surface area contributed by atoms with Crippen LogP contribution in [0, 0.1) is 5.92 Å². The number of hydrogen-bond acceptors (Lipinski definition) is 2. The van der Waals surface area contributed by atoms with Crippen molar-refractivity contribution < 1.29 is 0 Å². The zero-order valence-electron chi connectivity index (χ0n) is 12.3. The van der Waals surface area contributed by atoms with Gasteiger partial charge in [0.1, 0.15) is 0 Å². The lowest BCUT2D eigenvalue weighted by molar-refractivity contribution is 0.412. The van der Waals surface area contributed by atoms with Crippen LogP contribution in [0.3, 0.4) is 0 Å². The van der Waals surface area contributed by atoms with Crippen LogP contribution in [0.25, 0.3) is 0 Å². The van der Waals surface area contributed by atoms with E-state index < -0.39 is 0 Å². The van der Waals surface area contributed by atoms with E-state index in [0.29, 0.717) is 12.0 Å². The van der Waals surface area contributed by atoms with Crippen LogP contribution in [0.5, 0.6) is 0 Å². The number of rotatable bonds is 9. The molecule has 0 aliphatic rings. The van der Waals surface area contributed by atoms with Gasteiger partial charge in [0, 0.05) is 25.0 Å². The summed E-state index contributed by atoms with van der Waals surface area (Å²) < 4.78 is 2.33. The molecule has 1 N–H and O–H groups in total. The van der Waals surface area contributed by atoms with Crippen LogP contribution in [0.1, 0.15) is 45.2 Å². The lowest BCUT2D eigenvalue weighted by Gasteiger charge is -2.21. The molecule has 3 heteroatoms. The van der Waals surface area contributed by atoms with Crippen molar-refractivity contribution in [3.8, 4) is 0 Å². The monoisotopic (exact) mass is 268 g/mol. The van der Waals surface area contributed by atoms with Crippen LogP contribution in [-0.4, -0.2) is 23.1 Å². The second kappa shape index (κ2) is 8.65. The van der Waals surface area contributed by atoms with Crippen molar-refractivity contribution in [2.75, 3.05) is 18.6 Å². The summed E-state index contributed by atoms with van der Waals surface area (Å²) in [6.07, 6.45) is 9.15. The third-order valence-electron chi connectivity index (χ3n) is 3.18. The van der Waals surface area contributed by atoms with Crippen LogP contribution in [0.4, 0.5) is 0 Å². The third kappa shape index (κ3) is 5.07. The first-order chi connectivity index (χ1) is 8.69. The highest BCUT2D eigenvalue weighted by molar-refractivity contribution is 7.98. The molecule has 2 nitrogen and oxygen atoms in total. The average molecular weight is 268 g/mol. The summed E-state index contributed by atoms with van der Waals surface area (Å²) in [5.41, 5.74) is 1.43. The lowest BCUT2D eigenvalue weighted by Crippen LogP contribution is -2.26. The summed E-state index contributed by atoms with van der Waals surface area (Å²) in [7, 11) is 0. The van der Waals surface area contributed by atoms with Gasteiger partial charge in [0.25, 0.3) is 0 Å². The van der Waals surface area contributed by atoms with E-state index in [1.54, 1.807) is 0 Å². The quantitative estimate of drug-likeness (QED) is 0.683. The molecule has 1 unspecified atom stereocenters. The van der Waals surface area contributed by atoms with Crippen LogP contribution in [0.2, 0.25) is 0 Å². The normalized spacial score (nSPS) is 13.2. The minimum absolute atomic E-state index is 0.492. The Balaban J connectivity index is 2.57. The van der Waals surface area contributed by atoms with Crippen molar-refractivity contribution in [3.05, 3.63) is 24.0 Å². The van der Waals surface area contributed by atoms with Gasteiger partial charge in [0.15, 0.2) is 0 Å². The highest BCUT2D eigenvalue weighted by Crippen LogP contribution is 2.22. The average Bonchev–Trinajstić information content (AvgIpc) is 2.78. The van der Waals surface area contributed by atoms with E-state index in [1.165, 1.54) is 24.2 Å². The molecule has 104 valence electrons. The first kappa shape index (κ1) is 15.6. The Kier molecular flexibility index (Phi) is 7.52. The highest BCUT2D eigenvalue weighted by Gasteiger charge is 2.15. The summed E-state index contributed by atoms with van der Waals surface area (Å²) in [6.45, 7) is 9.04. The Morgan fingerprint density at radius 1 is 1.39 bits per heavy atom. The van der Waals surface area contributed by atoms with Gasteiger partial charge in [-0.1, -0.05) is 20.8 Å². The maximum atomic E-state index is 3.65. The number of nitrogens with zero attached hydrogens (tertiary/aromatic N) is 1. The summed E-state index contributed by atoms with van der Waals surface area (Å²) in [4.78, 5) is 0. The molecular formula is C15H28N2S. The number of nitrogens with one attached hydrogen (secondary N) is 1. The Hall–Kier alpha value is -0.410. The second-order valence-corrected chi connectivity index (χ2v) is 6.19. The van der Waals surface area contributed by atoms with Crippen molar-refractivity contribution >= 4 is 11.8 Å². The molecule has 0 saturated heterocycles. The predicted molar refractivity (Wildman–Crippen MR) is 83.3 cm³/mol. The number of hydrogen-bond donors (Lipinski definition) is 1. The van der Waals surface area contributed by atoms with Gasteiger partial charge in [-0.2, -0.15) is 11.8 Å². The van der Waals surface area contributed by atoms with Crippen LogP contribution in [-0.2, 0) is 6.54 Å². The maximum Gasteiger partial charge on any atom is 0.0358 e. The Morgan fingerprint density at radius 2 is 2.17 bits per heavy atom. The molecule has 0 radical (unpaired) electrons. The molecular weight excluding hydrogens is 240 g/mol. The van der Waals surface area contributed by atoms with E-state index in [-0.39, 0.29) is 0 Å². The number of thioether (sulfide) groups is 1. The molecule has 1 heterocycles. The minimum Gasteiger partial charge on any atom is -0.354 e. The molecule has 1 aromatic heterocycles. The van der Waals surface area contributed by atoms with Gasteiger partial charge >= 0.3 is 0 Å². The van der Waals surface area contributed by atoms with Crippen molar-refractivity contribution in [1.29, 1.82) is 0 Å². The van der Waals surface area contributed by atoms with Crippen LogP contribution >= 0.6 is 11.8 Å². The molecule has 1 aromatic rings. The summed E-state index contributed by atoms with van der Waals surface area (Å²) in [6, 6.07) is 2.76. The van der Waals surface area contributed by atoms with Gasteiger partial charge < -0.3 is 9.88 Å². The fraction of sp³-hybridized carbons (Fsp3) is 0.733. The number of aromatic nitrogens is 1. The van der Waals surface area contributed by atoms with Gasteiger partial charge in [-0.15, -0.1) is 0 Å². The van der Waals surface area contributed by atoms with Crippen molar-refractivity contribution in [2.24, 2.45) is 5.92 Å². The van der Waals surface area contributed by atoms with Gasteiger partial charge in [0.2, 0.25) is 0 Å². The molecule has 0 aliphatic carbocycles. The first-order valence-corrected chi connectivity index (χ1v) is 8.46. The fourth-order valence-corrected chi connectivity index (χ4v) is 2.63. The van der Waals surface area contributed by atoms with Crippen molar-refractivity contribution in [3.63, 3.8) is 0 Å². The zero-order chi connectivity index (χ0) is 13.4. The second-order valence-electron chi connectivity index (χ2n) is 5.20. The summed E-state index contributed by atoms with van der Waals surface area (Å²) in [5.74, 6) is 1.88. The van der Waals surface area contributed by atoms with Crippen LogP contribution < -0.4 is 5.32 Å². The SMILES string of the molecule is CCCNC(c1ccn(CCCSC)c1)C(C)C. The molecule has 1 atom stereocenters. The molecule has 0 amide bonds. The van der Waals surface area contributed by atoms with Crippen molar-refractivity contribution in [2.45, 2.75) is 46.2 Å². The van der Waals surface area contributed by atoms with E-state index in [1.807, 2.05) is 11.8 Å². The topological polar surface area (TPSA) is 17.0 Å². The van der Waals surface area contributed by atoms with E-state index in [4.69, 9.17) is 0 Å².